The Kier molecular flexibility index (Phi) is 19.5. The SMILES string of the molecule is CCCCCCCCCCCCS(=O)(=O)c1ccc(NC2=NN(c3ccc(Cl)cc3)C(=O)C2Sc2cccc(Oc3ccc(C(C)(C)CC)cc3C(C)(C)CC)c2NC(=O)CCC)c(Cl)c1. The molecule has 358 valence electrons. The molecule has 1 unspecified atom stereocenters. The Bertz CT molecular complexity index is 2420. The second kappa shape index (κ2) is 24.3. The van der Waals surface area contributed by atoms with Crippen molar-refractivity contribution < 1.29 is 22.7 Å². The van der Waals surface area contributed by atoms with Crippen LogP contribution in [0.5, 0.6) is 11.5 Å². The summed E-state index contributed by atoms with van der Waals surface area (Å²) in [4.78, 5) is 28.7. The smallest absolute Gasteiger partial charge is 0.268 e. The minimum atomic E-state index is -3.58. The van der Waals surface area contributed by atoms with Gasteiger partial charge in [-0.25, -0.2) is 8.42 Å². The summed E-state index contributed by atoms with van der Waals surface area (Å²) < 4.78 is 33.7. The van der Waals surface area contributed by atoms with E-state index in [1.54, 1.807) is 36.4 Å². The number of anilines is 3. The Balaban J connectivity index is 1.44. The molecule has 4 aromatic rings. The molecule has 1 atom stereocenters. The second-order valence-electron chi connectivity index (χ2n) is 18.6. The summed E-state index contributed by atoms with van der Waals surface area (Å²) in [6, 6.07) is 23.3. The molecule has 0 aromatic heterocycles. The summed E-state index contributed by atoms with van der Waals surface area (Å²) in [5.74, 6) is 0.888. The predicted octanol–water partition coefficient (Wildman–Crippen LogP) is 15.5. The Hall–Kier alpha value is -4.03. The van der Waals surface area contributed by atoms with Crippen molar-refractivity contribution in [1.29, 1.82) is 0 Å². The molecule has 0 saturated heterocycles. The minimum absolute atomic E-state index is 0.0376. The first-order valence-electron chi connectivity index (χ1n) is 23.8. The quantitative estimate of drug-likeness (QED) is 0.0635. The van der Waals surface area contributed by atoms with Crippen molar-refractivity contribution in [2.75, 3.05) is 21.4 Å². The summed E-state index contributed by atoms with van der Waals surface area (Å²) in [6.45, 7) is 17.4. The van der Waals surface area contributed by atoms with Crippen LogP contribution in [0.2, 0.25) is 10.0 Å². The van der Waals surface area contributed by atoms with Gasteiger partial charge in [-0.2, -0.15) is 5.01 Å². The highest BCUT2D eigenvalue weighted by Gasteiger charge is 2.39. The first kappa shape index (κ1) is 52.9. The van der Waals surface area contributed by atoms with E-state index in [2.05, 4.69) is 71.2 Å². The number of halogens is 2. The number of ether oxygens (including phenoxy) is 1. The summed E-state index contributed by atoms with van der Waals surface area (Å²) in [6.07, 6.45) is 13.9. The van der Waals surface area contributed by atoms with E-state index in [9.17, 15) is 18.0 Å². The van der Waals surface area contributed by atoms with E-state index in [0.29, 0.717) is 51.3 Å². The van der Waals surface area contributed by atoms with Crippen molar-refractivity contribution >= 4 is 79.5 Å². The molecule has 4 aromatic carbocycles. The topological polar surface area (TPSA) is 117 Å². The van der Waals surface area contributed by atoms with Crippen LogP contribution in [0.1, 0.15) is 156 Å². The first-order valence-corrected chi connectivity index (χ1v) is 27.1. The number of thioether (sulfide) groups is 1. The van der Waals surface area contributed by atoms with Gasteiger partial charge in [0.2, 0.25) is 5.91 Å². The van der Waals surface area contributed by atoms with E-state index in [-0.39, 0.29) is 50.6 Å². The molecule has 2 N–H and O–H groups in total. The highest BCUT2D eigenvalue weighted by Crippen LogP contribution is 2.45. The zero-order valence-corrected chi connectivity index (χ0v) is 43.3. The van der Waals surface area contributed by atoms with Crippen molar-refractivity contribution in [3.63, 3.8) is 0 Å². The highest BCUT2D eigenvalue weighted by atomic mass is 35.5. The fraction of sp³-hybridized carbons (Fsp3) is 0.491. The average molecular weight is 978 g/mol. The molecule has 0 radical (unpaired) electrons. The Morgan fingerprint density at radius 3 is 2.05 bits per heavy atom. The number of rotatable bonds is 25. The van der Waals surface area contributed by atoms with Crippen LogP contribution in [0.15, 0.2) is 93.8 Å². The zero-order chi connectivity index (χ0) is 48.1. The molecule has 1 aliphatic rings. The number of para-hydroxylation sites is 1. The van der Waals surface area contributed by atoms with Crippen LogP contribution in [0, 0.1) is 0 Å². The minimum Gasteiger partial charge on any atom is -0.455 e. The molecule has 0 bridgehead atoms. The number of carbonyl (C=O) groups is 2. The van der Waals surface area contributed by atoms with E-state index < -0.39 is 15.1 Å². The molecule has 0 spiro atoms. The van der Waals surface area contributed by atoms with Crippen molar-refractivity contribution in [1.82, 2.24) is 0 Å². The van der Waals surface area contributed by atoms with Gasteiger partial charge in [0, 0.05) is 21.9 Å². The number of sulfone groups is 1. The van der Waals surface area contributed by atoms with E-state index >= 15 is 0 Å². The van der Waals surface area contributed by atoms with Crippen molar-refractivity contribution in [2.24, 2.45) is 5.10 Å². The maximum absolute atomic E-state index is 14.5. The van der Waals surface area contributed by atoms with Crippen LogP contribution < -0.4 is 20.4 Å². The molecule has 0 aliphatic carbocycles. The molecular formula is C53H70Cl2N4O5S2. The summed E-state index contributed by atoms with van der Waals surface area (Å²) in [5.41, 5.74) is 3.35. The molecule has 13 heteroatoms. The van der Waals surface area contributed by atoms with Gasteiger partial charge in [-0.15, -0.1) is 16.9 Å². The lowest BCUT2D eigenvalue weighted by molar-refractivity contribution is -0.117. The Morgan fingerprint density at radius 2 is 1.42 bits per heavy atom. The highest BCUT2D eigenvalue weighted by molar-refractivity contribution is 8.01. The van der Waals surface area contributed by atoms with Gasteiger partial charge in [0.25, 0.3) is 5.91 Å². The average Bonchev–Trinajstić information content (AvgIpc) is 3.59. The number of amides is 2. The number of carbonyl (C=O) groups excluding carboxylic acids is 2. The van der Waals surface area contributed by atoms with Crippen LogP contribution in [-0.4, -0.2) is 37.1 Å². The molecular weight excluding hydrogens is 908 g/mol. The third-order valence-electron chi connectivity index (χ3n) is 12.7. The summed E-state index contributed by atoms with van der Waals surface area (Å²) in [5, 5.41) is 12.2. The largest absolute Gasteiger partial charge is 0.455 e. The number of nitrogens with zero attached hydrogens (tertiary/aromatic N) is 2. The third kappa shape index (κ3) is 14.0. The van der Waals surface area contributed by atoms with Crippen molar-refractivity contribution in [2.45, 2.75) is 171 Å². The van der Waals surface area contributed by atoms with E-state index in [1.165, 1.54) is 66.9 Å². The summed E-state index contributed by atoms with van der Waals surface area (Å²) in [7, 11) is -3.58. The first-order chi connectivity index (χ1) is 31.4. The molecule has 2 amide bonds. The lowest BCUT2D eigenvalue weighted by atomic mass is 9.76. The van der Waals surface area contributed by atoms with Gasteiger partial charge in [0.05, 0.1) is 32.7 Å². The number of amidine groups is 1. The van der Waals surface area contributed by atoms with E-state index in [1.807, 2.05) is 31.2 Å². The maximum atomic E-state index is 14.5. The van der Waals surface area contributed by atoms with Crippen LogP contribution >= 0.6 is 35.0 Å². The van der Waals surface area contributed by atoms with E-state index in [0.717, 1.165) is 37.7 Å². The normalized spacial score (nSPS) is 14.4. The molecule has 9 nitrogen and oxygen atoms in total. The fourth-order valence-corrected chi connectivity index (χ4v) is 10.6. The molecule has 0 saturated carbocycles. The van der Waals surface area contributed by atoms with Gasteiger partial charge in [-0.05, 0) is 103 Å². The van der Waals surface area contributed by atoms with Gasteiger partial charge >= 0.3 is 0 Å². The lowest BCUT2D eigenvalue weighted by Gasteiger charge is -2.30. The van der Waals surface area contributed by atoms with Crippen molar-refractivity contribution in [3.8, 4) is 11.5 Å². The molecule has 1 heterocycles. The molecule has 0 fully saturated rings. The maximum Gasteiger partial charge on any atom is 0.268 e. The van der Waals surface area contributed by atoms with Crippen LogP contribution in [-0.2, 0) is 30.3 Å². The van der Waals surface area contributed by atoms with Gasteiger partial charge in [-0.1, -0.05) is 155 Å². The zero-order valence-electron chi connectivity index (χ0n) is 40.2. The number of benzene rings is 4. The van der Waals surface area contributed by atoms with E-state index in [4.69, 9.17) is 33.0 Å². The number of hydrogen-bond acceptors (Lipinski definition) is 8. The standard InChI is InChI=1S/C53H70Cl2N4O5S2/c1-9-13-14-15-16-17-18-19-20-21-34-66(62,63)40-31-32-43(42(55)36-40)56-50-49(51(61)59(58-50)39-29-27-38(54)28-30-39)65-46-25-22-24-45(48(46)57-47(60)23-10-2)64-44-33-26-37(52(5,6)11-3)35-41(44)53(7,8)12-4/h22,24-33,35-36,49H,9-21,23,34H2,1-8H3,(H,56,58)(H,57,60). The second-order valence-corrected chi connectivity index (χ2v) is 22.7. The Morgan fingerprint density at radius 1 is 0.773 bits per heavy atom. The van der Waals surface area contributed by atoms with Crippen LogP contribution in [0.25, 0.3) is 0 Å². The number of nitrogens with one attached hydrogen (secondary N) is 2. The Labute approximate surface area is 409 Å². The summed E-state index contributed by atoms with van der Waals surface area (Å²) >= 11 is 14.3. The van der Waals surface area contributed by atoms with Gasteiger partial charge in [0.1, 0.15) is 5.75 Å². The molecule has 66 heavy (non-hydrogen) atoms. The lowest BCUT2D eigenvalue weighted by Crippen LogP contribution is -2.32. The van der Waals surface area contributed by atoms with Crippen LogP contribution in [0.3, 0.4) is 0 Å². The van der Waals surface area contributed by atoms with Crippen molar-refractivity contribution in [3.05, 3.63) is 100 Å². The third-order valence-corrected chi connectivity index (χ3v) is 16.4. The van der Waals surface area contributed by atoms with Crippen LogP contribution in [0.4, 0.5) is 17.1 Å². The van der Waals surface area contributed by atoms with Gasteiger partial charge in [-0.3, -0.25) is 9.59 Å². The number of unbranched alkanes of at least 4 members (excludes halogenated alkanes) is 9. The predicted molar refractivity (Wildman–Crippen MR) is 278 cm³/mol. The van der Waals surface area contributed by atoms with Gasteiger partial charge in [0.15, 0.2) is 26.7 Å². The van der Waals surface area contributed by atoms with Gasteiger partial charge < -0.3 is 15.4 Å². The number of hydrazone groups is 1. The molecule has 1 aliphatic heterocycles. The monoisotopic (exact) mass is 976 g/mol. The molecule has 5 rings (SSSR count). The fourth-order valence-electron chi connectivity index (χ4n) is 7.68. The number of hydrogen-bond donors (Lipinski definition) is 2.